The summed E-state index contributed by atoms with van der Waals surface area (Å²) in [5.41, 5.74) is 0.214. The molecule has 0 aliphatic rings. The van der Waals surface area contributed by atoms with Gasteiger partial charge in [0, 0.05) is 11.8 Å². The minimum absolute atomic E-state index is 0.147. The Morgan fingerprint density at radius 1 is 1.35 bits per heavy atom. The lowest BCUT2D eigenvalue weighted by Gasteiger charge is -2.07. The molecule has 7 heteroatoms. The number of nitrogens with one attached hydrogen (secondary N) is 1. The maximum absolute atomic E-state index is 11.6. The van der Waals surface area contributed by atoms with E-state index in [9.17, 15) is 14.9 Å². The molecule has 2 aromatic rings. The summed E-state index contributed by atoms with van der Waals surface area (Å²) in [6.07, 6.45) is 1.03. The van der Waals surface area contributed by atoms with E-state index >= 15 is 0 Å². The lowest BCUT2D eigenvalue weighted by atomic mass is 10.2. The number of anilines is 2. The van der Waals surface area contributed by atoms with Crippen LogP contribution in [-0.4, -0.2) is 23.0 Å². The van der Waals surface area contributed by atoms with Gasteiger partial charge in [0.25, 0.3) is 0 Å². The zero-order valence-electron chi connectivity index (χ0n) is 10.6. The van der Waals surface area contributed by atoms with E-state index < -0.39 is 16.6 Å². The van der Waals surface area contributed by atoms with E-state index in [0.29, 0.717) is 5.82 Å². The van der Waals surface area contributed by atoms with Crippen LogP contribution in [0.2, 0.25) is 0 Å². The van der Waals surface area contributed by atoms with Crippen LogP contribution in [0.25, 0.3) is 0 Å². The van der Waals surface area contributed by atoms with Crippen molar-refractivity contribution in [2.24, 2.45) is 0 Å². The number of methoxy groups -OCH3 is 1. The molecule has 0 aliphatic heterocycles. The van der Waals surface area contributed by atoms with Gasteiger partial charge in [0.05, 0.1) is 12.0 Å². The first-order valence-electron chi connectivity index (χ1n) is 5.66. The third-order valence-electron chi connectivity index (χ3n) is 2.53. The fourth-order valence-corrected chi connectivity index (χ4v) is 1.60. The van der Waals surface area contributed by atoms with Crippen molar-refractivity contribution in [1.29, 1.82) is 0 Å². The lowest BCUT2D eigenvalue weighted by molar-refractivity contribution is -0.385. The van der Waals surface area contributed by atoms with Crippen molar-refractivity contribution in [2.45, 2.75) is 0 Å². The van der Waals surface area contributed by atoms with Crippen LogP contribution in [0.4, 0.5) is 17.2 Å². The van der Waals surface area contributed by atoms with E-state index in [1.54, 1.807) is 12.1 Å². The van der Waals surface area contributed by atoms with Gasteiger partial charge < -0.3 is 10.1 Å². The van der Waals surface area contributed by atoms with Gasteiger partial charge in [-0.3, -0.25) is 10.1 Å². The summed E-state index contributed by atoms with van der Waals surface area (Å²) in [5.74, 6) is -0.461. The van der Waals surface area contributed by atoms with Crippen molar-refractivity contribution in [3.63, 3.8) is 0 Å². The van der Waals surface area contributed by atoms with Crippen molar-refractivity contribution in [3.05, 3.63) is 58.3 Å². The van der Waals surface area contributed by atoms with Crippen molar-refractivity contribution >= 4 is 23.2 Å². The molecule has 1 heterocycles. The number of hydrogen-bond donors (Lipinski definition) is 1. The molecule has 0 aliphatic carbocycles. The molecular formula is C13H11N3O4. The first-order chi connectivity index (χ1) is 9.61. The number of para-hydroxylation sites is 1. The number of esters is 1. The average molecular weight is 273 g/mol. The summed E-state index contributed by atoms with van der Waals surface area (Å²) in [6.45, 7) is 0. The molecule has 102 valence electrons. The van der Waals surface area contributed by atoms with E-state index in [2.05, 4.69) is 15.0 Å². The summed E-state index contributed by atoms with van der Waals surface area (Å²) < 4.78 is 4.53. The first-order valence-corrected chi connectivity index (χ1v) is 5.66. The fourth-order valence-electron chi connectivity index (χ4n) is 1.60. The van der Waals surface area contributed by atoms with Gasteiger partial charge in [0.15, 0.2) is 0 Å². The lowest BCUT2D eigenvalue weighted by Crippen LogP contribution is -2.07. The highest BCUT2D eigenvalue weighted by Gasteiger charge is 2.22. The van der Waals surface area contributed by atoms with Crippen LogP contribution in [0.3, 0.4) is 0 Å². The number of pyridine rings is 1. The molecule has 0 amide bonds. The molecule has 2 rings (SSSR count). The maximum atomic E-state index is 11.6. The Labute approximate surface area is 114 Å². The highest BCUT2D eigenvalue weighted by atomic mass is 16.6. The molecule has 0 bridgehead atoms. The highest BCUT2D eigenvalue weighted by molar-refractivity contribution is 5.94. The Bertz CT molecular complexity index is 643. The summed E-state index contributed by atoms with van der Waals surface area (Å²) >= 11 is 0. The van der Waals surface area contributed by atoms with Crippen LogP contribution in [0.5, 0.6) is 0 Å². The van der Waals surface area contributed by atoms with E-state index in [-0.39, 0.29) is 5.56 Å². The second kappa shape index (κ2) is 5.79. The van der Waals surface area contributed by atoms with Gasteiger partial charge in [-0.15, -0.1) is 0 Å². The van der Waals surface area contributed by atoms with Crippen LogP contribution in [0, 0.1) is 10.1 Å². The number of nitrogens with zero attached hydrogens (tertiary/aromatic N) is 2. The number of benzene rings is 1. The van der Waals surface area contributed by atoms with Gasteiger partial charge in [-0.2, -0.15) is 0 Å². The van der Waals surface area contributed by atoms with Gasteiger partial charge in [-0.05, 0) is 12.1 Å². The number of carbonyl (C=O) groups is 1. The minimum atomic E-state index is -0.782. The minimum Gasteiger partial charge on any atom is -0.465 e. The van der Waals surface area contributed by atoms with Crippen molar-refractivity contribution in [3.8, 4) is 0 Å². The van der Waals surface area contributed by atoms with Crippen LogP contribution in [0.1, 0.15) is 10.4 Å². The van der Waals surface area contributed by atoms with E-state index in [0.717, 1.165) is 19.0 Å². The first kappa shape index (κ1) is 13.5. The number of rotatable bonds is 4. The molecule has 0 spiro atoms. The summed E-state index contributed by atoms with van der Waals surface area (Å²) in [4.78, 5) is 25.6. The predicted octanol–water partition coefficient (Wildman–Crippen LogP) is 2.52. The van der Waals surface area contributed by atoms with Crippen LogP contribution >= 0.6 is 0 Å². The summed E-state index contributed by atoms with van der Waals surface area (Å²) in [7, 11) is 1.16. The SMILES string of the molecule is COC(=O)c1cc(Nc2ccccc2)ncc1[N+](=O)[O-]. The number of ether oxygens (including phenoxy) is 1. The molecule has 1 aromatic heterocycles. The Balaban J connectivity index is 2.37. The topological polar surface area (TPSA) is 94.4 Å². The molecule has 7 nitrogen and oxygen atoms in total. The molecule has 0 saturated carbocycles. The Hall–Kier alpha value is -2.96. The largest absolute Gasteiger partial charge is 0.465 e. The Morgan fingerprint density at radius 2 is 2.05 bits per heavy atom. The number of hydrogen-bond acceptors (Lipinski definition) is 6. The highest BCUT2D eigenvalue weighted by Crippen LogP contribution is 2.23. The Morgan fingerprint density at radius 3 is 2.65 bits per heavy atom. The van der Waals surface area contributed by atoms with Gasteiger partial charge >= 0.3 is 11.7 Å². The van der Waals surface area contributed by atoms with Crippen LogP contribution in [0.15, 0.2) is 42.6 Å². The van der Waals surface area contributed by atoms with Crippen LogP contribution in [-0.2, 0) is 4.74 Å². The second-order valence-corrected chi connectivity index (χ2v) is 3.83. The van der Waals surface area contributed by atoms with Gasteiger partial charge in [0.2, 0.25) is 0 Å². The molecule has 1 aromatic carbocycles. The Kier molecular flexibility index (Phi) is 3.90. The van der Waals surface area contributed by atoms with Gasteiger partial charge in [-0.1, -0.05) is 18.2 Å². The summed E-state index contributed by atoms with van der Waals surface area (Å²) in [5, 5.41) is 13.8. The zero-order valence-corrected chi connectivity index (χ0v) is 10.6. The maximum Gasteiger partial charge on any atom is 0.345 e. The number of aromatic nitrogens is 1. The third kappa shape index (κ3) is 2.89. The molecular weight excluding hydrogens is 262 g/mol. The molecule has 0 saturated heterocycles. The fraction of sp³-hybridized carbons (Fsp3) is 0.0769. The molecule has 0 unspecified atom stereocenters. The third-order valence-corrected chi connectivity index (χ3v) is 2.53. The summed E-state index contributed by atoms with van der Waals surface area (Å²) in [6, 6.07) is 10.4. The molecule has 0 radical (unpaired) electrons. The van der Waals surface area contributed by atoms with E-state index in [1.165, 1.54) is 6.07 Å². The molecule has 0 atom stereocenters. The van der Waals surface area contributed by atoms with Crippen LogP contribution < -0.4 is 5.32 Å². The standard InChI is InChI=1S/C13H11N3O4/c1-20-13(17)10-7-12(14-8-11(10)16(18)19)15-9-5-3-2-4-6-9/h2-8H,1H3,(H,14,15). The number of carbonyl (C=O) groups excluding carboxylic acids is 1. The quantitative estimate of drug-likeness (QED) is 0.522. The molecule has 1 N–H and O–H groups in total. The monoisotopic (exact) mass is 273 g/mol. The normalized spacial score (nSPS) is 9.85. The van der Waals surface area contributed by atoms with Crippen molar-refractivity contribution in [2.75, 3.05) is 12.4 Å². The molecule has 20 heavy (non-hydrogen) atoms. The average Bonchev–Trinajstić information content (AvgIpc) is 2.47. The van der Waals surface area contributed by atoms with Crippen molar-refractivity contribution in [1.82, 2.24) is 4.98 Å². The zero-order chi connectivity index (χ0) is 14.5. The number of nitro groups is 1. The van der Waals surface area contributed by atoms with Gasteiger partial charge in [-0.25, -0.2) is 9.78 Å². The predicted molar refractivity (Wildman–Crippen MR) is 72.0 cm³/mol. The van der Waals surface area contributed by atoms with E-state index in [4.69, 9.17) is 0 Å². The molecule has 0 fully saturated rings. The van der Waals surface area contributed by atoms with Gasteiger partial charge in [0.1, 0.15) is 17.6 Å². The van der Waals surface area contributed by atoms with E-state index in [1.807, 2.05) is 18.2 Å². The second-order valence-electron chi connectivity index (χ2n) is 3.83. The van der Waals surface area contributed by atoms with Crippen molar-refractivity contribution < 1.29 is 14.5 Å². The smallest absolute Gasteiger partial charge is 0.345 e.